The highest BCUT2D eigenvalue weighted by molar-refractivity contribution is 6.29. The van der Waals surface area contributed by atoms with Gasteiger partial charge in [-0.25, -0.2) is 0 Å². The van der Waals surface area contributed by atoms with Crippen molar-refractivity contribution in [3.63, 3.8) is 0 Å². The van der Waals surface area contributed by atoms with Gasteiger partial charge >= 0.3 is 0 Å². The van der Waals surface area contributed by atoms with Gasteiger partial charge < -0.3 is 13.7 Å². The standard InChI is InChI=1S/C48H31N3/c1-3-13-32(14-4-1)33-23-25-35(26-24-33)49-42-21-11-8-18-39(42)47-44(49)29-30-45-48(47)40-19-9-12-22-43(40)51(45)36-27-28-38-37-17-7-10-20-41(37)50(46(38)31-36)34-15-5-2-6-16-34/h1-31H. The fraction of sp³-hybridized carbons (Fsp3) is 0. The van der Waals surface area contributed by atoms with Crippen molar-refractivity contribution >= 4 is 65.4 Å². The molecule has 51 heavy (non-hydrogen) atoms. The van der Waals surface area contributed by atoms with Crippen molar-refractivity contribution < 1.29 is 0 Å². The molecule has 3 heteroatoms. The lowest BCUT2D eigenvalue weighted by atomic mass is 10.1. The third-order valence-corrected chi connectivity index (χ3v) is 10.6. The van der Waals surface area contributed by atoms with Gasteiger partial charge in [-0.15, -0.1) is 0 Å². The van der Waals surface area contributed by atoms with Gasteiger partial charge in [-0.2, -0.15) is 0 Å². The van der Waals surface area contributed by atoms with E-state index in [0.717, 1.165) is 17.1 Å². The lowest BCUT2D eigenvalue weighted by Gasteiger charge is -2.12. The molecule has 0 aliphatic rings. The Labute approximate surface area is 294 Å². The van der Waals surface area contributed by atoms with Crippen molar-refractivity contribution in [1.82, 2.24) is 13.7 Å². The van der Waals surface area contributed by atoms with Crippen molar-refractivity contribution in [2.75, 3.05) is 0 Å². The SMILES string of the molecule is c1ccc(-c2ccc(-n3c4ccccc4c4c5c6ccccc6n(-c6ccc7c8ccccc8n(-c8ccccc8)c7c6)c5ccc43)cc2)cc1. The molecular formula is C48H31N3. The number of aromatic nitrogens is 3. The molecular weight excluding hydrogens is 619 g/mol. The second-order valence-electron chi connectivity index (χ2n) is 13.4. The summed E-state index contributed by atoms with van der Waals surface area (Å²) in [4.78, 5) is 0. The van der Waals surface area contributed by atoms with E-state index in [-0.39, 0.29) is 0 Å². The molecule has 0 aliphatic carbocycles. The Bertz CT molecular complexity index is 3110. The van der Waals surface area contributed by atoms with Crippen LogP contribution in [0.2, 0.25) is 0 Å². The Hall–Kier alpha value is -6.84. The summed E-state index contributed by atoms with van der Waals surface area (Å²) in [5.74, 6) is 0. The average Bonchev–Trinajstić information content (AvgIpc) is 3.84. The summed E-state index contributed by atoms with van der Waals surface area (Å²) < 4.78 is 7.28. The lowest BCUT2D eigenvalue weighted by molar-refractivity contribution is 1.15. The predicted octanol–water partition coefficient (Wildman–Crippen LogP) is 12.6. The minimum Gasteiger partial charge on any atom is -0.309 e. The Morgan fingerprint density at radius 1 is 0.235 bits per heavy atom. The topological polar surface area (TPSA) is 14.8 Å². The van der Waals surface area contributed by atoms with Gasteiger partial charge in [-0.1, -0.05) is 121 Å². The number of benzene rings is 8. The number of hydrogen-bond acceptors (Lipinski definition) is 0. The van der Waals surface area contributed by atoms with Crippen molar-refractivity contribution in [2.45, 2.75) is 0 Å². The first-order valence-electron chi connectivity index (χ1n) is 17.5. The summed E-state index contributed by atoms with van der Waals surface area (Å²) in [5.41, 5.74) is 13.1. The fourth-order valence-corrected chi connectivity index (χ4v) is 8.46. The van der Waals surface area contributed by atoms with E-state index in [1.165, 1.54) is 76.5 Å². The van der Waals surface area contributed by atoms with Gasteiger partial charge in [0.2, 0.25) is 0 Å². The van der Waals surface area contributed by atoms with E-state index in [1.807, 2.05) is 0 Å². The zero-order chi connectivity index (χ0) is 33.5. The van der Waals surface area contributed by atoms with Gasteiger partial charge in [-0.05, 0) is 77.9 Å². The molecule has 3 aromatic heterocycles. The molecule has 0 aliphatic heterocycles. The van der Waals surface area contributed by atoms with Gasteiger partial charge in [0, 0.05) is 49.4 Å². The van der Waals surface area contributed by atoms with Crippen LogP contribution < -0.4 is 0 Å². The van der Waals surface area contributed by atoms with E-state index in [9.17, 15) is 0 Å². The normalized spacial score (nSPS) is 11.9. The molecule has 0 atom stereocenters. The number of nitrogens with zero attached hydrogens (tertiary/aromatic N) is 3. The number of para-hydroxylation sites is 4. The van der Waals surface area contributed by atoms with Gasteiger partial charge in [0.05, 0.1) is 33.1 Å². The Balaban J connectivity index is 1.19. The monoisotopic (exact) mass is 649 g/mol. The first kappa shape index (κ1) is 28.0. The van der Waals surface area contributed by atoms with Gasteiger partial charge in [-0.3, -0.25) is 0 Å². The Kier molecular flexibility index (Phi) is 5.96. The van der Waals surface area contributed by atoms with Crippen molar-refractivity contribution in [2.24, 2.45) is 0 Å². The second-order valence-corrected chi connectivity index (χ2v) is 13.4. The minimum atomic E-state index is 1.15. The fourth-order valence-electron chi connectivity index (χ4n) is 8.46. The Morgan fingerprint density at radius 3 is 1.27 bits per heavy atom. The van der Waals surface area contributed by atoms with E-state index in [0.29, 0.717) is 0 Å². The van der Waals surface area contributed by atoms with E-state index < -0.39 is 0 Å². The molecule has 3 nitrogen and oxygen atoms in total. The van der Waals surface area contributed by atoms with E-state index in [4.69, 9.17) is 0 Å². The first-order chi connectivity index (χ1) is 25.3. The van der Waals surface area contributed by atoms with Crippen LogP contribution in [-0.2, 0) is 0 Å². The summed E-state index contributed by atoms with van der Waals surface area (Å²) in [6.45, 7) is 0. The van der Waals surface area contributed by atoms with Crippen LogP contribution in [0.5, 0.6) is 0 Å². The molecule has 0 amide bonds. The van der Waals surface area contributed by atoms with Crippen LogP contribution in [-0.4, -0.2) is 13.7 Å². The van der Waals surface area contributed by atoms with Crippen molar-refractivity contribution in [3.05, 3.63) is 188 Å². The molecule has 8 aromatic carbocycles. The third kappa shape index (κ3) is 4.06. The highest BCUT2D eigenvalue weighted by Crippen LogP contribution is 2.43. The second kappa shape index (κ2) is 10.8. The van der Waals surface area contributed by atoms with Crippen LogP contribution in [0.3, 0.4) is 0 Å². The number of hydrogen-bond donors (Lipinski definition) is 0. The van der Waals surface area contributed by atoms with Gasteiger partial charge in [0.15, 0.2) is 0 Å². The van der Waals surface area contributed by atoms with E-state index in [1.54, 1.807) is 0 Å². The maximum absolute atomic E-state index is 2.46. The summed E-state index contributed by atoms with van der Waals surface area (Å²) in [5, 5.41) is 7.59. The average molecular weight is 650 g/mol. The van der Waals surface area contributed by atoms with Crippen LogP contribution in [0.15, 0.2) is 188 Å². The van der Waals surface area contributed by atoms with Crippen LogP contribution in [0.25, 0.3) is 93.6 Å². The molecule has 238 valence electrons. The molecule has 0 N–H and O–H groups in total. The zero-order valence-corrected chi connectivity index (χ0v) is 27.7. The lowest BCUT2D eigenvalue weighted by Crippen LogP contribution is -1.97. The maximum atomic E-state index is 2.46. The van der Waals surface area contributed by atoms with Crippen molar-refractivity contribution in [3.8, 4) is 28.2 Å². The summed E-state index contributed by atoms with van der Waals surface area (Å²) in [6.07, 6.45) is 0. The molecule has 0 radical (unpaired) electrons. The Morgan fingerprint density at radius 2 is 0.647 bits per heavy atom. The molecule has 11 rings (SSSR count). The number of rotatable bonds is 4. The van der Waals surface area contributed by atoms with Gasteiger partial charge in [0.25, 0.3) is 0 Å². The molecule has 3 heterocycles. The van der Waals surface area contributed by atoms with Crippen LogP contribution >= 0.6 is 0 Å². The van der Waals surface area contributed by atoms with E-state index >= 15 is 0 Å². The quantitative estimate of drug-likeness (QED) is 0.180. The smallest absolute Gasteiger partial charge is 0.0561 e. The molecule has 0 unspecified atom stereocenters. The van der Waals surface area contributed by atoms with Crippen LogP contribution in [0, 0.1) is 0 Å². The van der Waals surface area contributed by atoms with Crippen LogP contribution in [0.4, 0.5) is 0 Å². The summed E-state index contributed by atoms with van der Waals surface area (Å²) in [7, 11) is 0. The summed E-state index contributed by atoms with van der Waals surface area (Å²) >= 11 is 0. The van der Waals surface area contributed by atoms with Crippen molar-refractivity contribution in [1.29, 1.82) is 0 Å². The highest BCUT2D eigenvalue weighted by atomic mass is 15.0. The van der Waals surface area contributed by atoms with Crippen LogP contribution in [0.1, 0.15) is 0 Å². The minimum absolute atomic E-state index is 1.15. The molecule has 0 saturated heterocycles. The van der Waals surface area contributed by atoms with Gasteiger partial charge in [0.1, 0.15) is 0 Å². The highest BCUT2D eigenvalue weighted by Gasteiger charge is 2.21. The molecule has 0 fully saturated rings. The first-order valence-corrected chi connectivity index (χ1v) is 17.5. The molecule has 0 saturated carbocycles. The zero-order valence-electron chi connectivity index (χ0n) is 27.7. The third-order valence-electron chi connectivity index (χ3n) is 10.6. The van der Waals surface area contributed by atoms with E-state index in [2.05, 4.69) is 202 Å². The molecule has 0 spiro atoms. The predicted molar refractivity (Wildman–Crippen MR) is 215 cm³/mol. The molecule has 0 bridgehead atoms. The number of fused-ring (bicyclic) bond motifs is 10. The molecule has 11 aromatic rings. The summed E-state index contributed by atoms with van der Waals surface area (Å²) in [6, 6.07) is 68.3. The largest absolute Gasteiger partial charge is 0.309 e. The maximum Gasteiger partial charge on any atom is 0.0561 e.